The molecule has 0 bridgehead atoms. The van der Waals surface area contributed by atoms with Gasteiger partial charge in [0.25, 0.3) is 0 Å². The summed E-state index contributed by atoms with van der Waals surface area (Å²) in [6, 6.07) is 1.87. The lowest BCUT2D eigenvalue weighted by Crippen LogP contribution is -1.96. The maximum absolute atomic E-state index is 5.22. The van der Waals surface area contributed by atoms with Crippen LogP contribution in [0.2, 0.25) is 0 Å². The van der Waals surface area contributed by atoms with Gasteiger partial charge in [-0.3, -0.25) is 5.10 Å². The van der Waals surface area contributed by atoms with Crippen LogP contribution in [0.3, 0.4) is 0 Å². The number of nitrogens with zero attached hydrogens (tertiary/aromatic N) is 1. The number of anilines is 1. The van der Waals surface area contributed by atoms with Crippen LogP contribution >= 0.6 is 15.9 Å². The first-order valence-corrected chi connectivity index (χ1v) is 4.60. The van der Waals surface area contributed by atoms with Crippen LogP contribution in [0.25, 0.3) is 0 Å². The van der Waals surface area contributed by atoms with E-state index in [1.54, 1.807) is 18.7 Å². The molecule has 2 aromatic heterocycles. The molecule has 5 heteroatoms. The maximum Gasteiger partial charge on any atom is 0.136 e. The molecule has 2 rings (SSSR count). The van der Waals surface area contributed by atoms with Crippen molar-refractivity contribution < 1.29 is 4.42 Å². The molecule has 2 N–H and O–H groups in total. The van der Waals surface area contributed by atoms with E-state index in [0.717, 1.165) is 15.9 Å². The molecular formula is C8H8BrN3O. The van der Waals surface area contributed by atoms with Gasteiger partial charge in [0.15, 0.2) is 0 Å². The van der Waals surface area contributed by atoms with E-state index in [1.165, 1.54) is 0 Å². The van der Waals surface area contributed by atoms with Gasteiger partial charge in [0, 0.05) is 6.20 Å². The number of rotatable bonds is 3. The molecule has 2 heterocycles. The van der Waals surface area contributed by atoms with Crippen molar-refractivity contribution in [2.75, 3.05) is 5.32 Å². The zero-order valence-electron chi connectivity index (χ0n) is 6.75. The second-order valence-corrected chi connectivity index (χ2v) is 3.39. The summed E-state index contributed by atoms with van der Waals surface area (Å²) in [5, 5.41) is 9.68. The first-order valence-electron chi connectivity index (χ1n) is 3.81. The molecule has 2 aromatic rings. The van der Waals surface area contributed by atoms with E-state index in [1.807, 2.05) is 6.07 Å². The lowest BCUT2D eigenvalue weighted by atomic mass is 10.4. The lowest BCUT2D eigenvalue weighted by Gasteiger charge is -1.99. The fourth-order valence-electron chi connectivity index (χ4n) is 0.981. The Morgan fingerprint density at radius 1 is 1.62 bits per heavy atom. The molecule has 0 saturated carbocycles. The zero-order chi connectivity index (χ0) is 9.10. The quantitative estimate of drug-likeness (QED) is 0.868. The minimum Gasteiger partial charge on any atom is -0.466 e. The maximum atomic E-state index is 5.22. The third-order valence-corrected chi connectivity index (χ3v) is 2.35. The van der Waals surface area contributed by atoms with Crippen LogP contribution < -0.4 is 5.32 Å². The van der Waals surface area contributed by atoms with Crippen LogP contribution in [0.15, 0.2) is 33.6 Å². The largest absolute Gasteiger partial charge is 0.466 e. The van der Waals surface area contributed by atoms with E-state index in [0.29, 0.717) is 6.54 Å². The summed E-state index contributed by atoms with van der Waals surface area (Å²) in [5.41, 5.74) is 0.948. The van der Waals surface area contributed by atoms with Gasteiger partial charge in [-0.2, -0.15) is 5.10 Å². The summed E-state index contributed by atoms with van der Waals surface area (Å²) < 4.78 is 6.20. The smallest absolute Gasteiger partial charge is 0.136 e. The van der Waals surface area contributed by atoms with Crippen molar-refractivity contribution in [3.05, 3.63) is 35.0 Å². The van der Waals surface area contributed by atoms with E-state index >= 15 is 0 Å². The Bertz CT molecular complexity index is 368. The number of furan rings is 1. The summed E-state index contributed by atoms with van der Waals surface area (Å²) in [6.07, 6.45) is 5.16. The van der Waals surface area contributed by atoms with E-state index in [4.69, 9.17) is 4.42 Å². The number of halogens is 1. The SMILES string of the molecule is Brc1ccoc1CNc1cn[nH]c1. The Morgan fingerprint density at radius 3 is 3.15 bits per heavy atom. The van der Waals surface area contributed by atoms with Gasteiger partial charge < -0.3 is 9.73 Å². The molecule has 0 radical (unpaired) electrons. The highest BCUT2D eigenvalue weighted by molar-refractivity contribution is 9.10. The third-order valence-electron chi connectivity index (χ3n) is 1.64. The molecule has 68 valence electrons. The van der Waals surface area contributed by atoms with E-state index in [-0.39, 0.29) is 0 Å². The van der Waals surface area contributed by atoms with Crippen LogP contribution in [0.5, 0.6) is 0 Å². The summed E-state index contributed by atoms with van der Waals surface area (Å²) in [4.78, 5) is 0. The summed E-state index contributed by atoms with van der Waals surface area (Å²) >= 11 is 3.37. The monoisotopic (exact) mass is 241 g/mol. The highest BCUT2D eigenvalue weighted by Gasteiger charge is 2.02. The van der Waals surface area contributed by atoms with Gasteiger partial charge in [0.05, 0.1) is 29.2 Å². The fourth-order valence-corrected chi connectivity index (χ4v) is 1.32. The minimum atomic E-state index is 0.646. The highest BCUT2D eigenvalue weighted by atomic mass is 79.9. The van der Waals surface area contributed by atoms with Gasteiger partial charge in [-0.15, -0.1) is 0 Å². The molecule has 0 aliphatic heterocycles. The molecule has 0 atom stereocenters. The summed E-state index contributed by atoms with van der Waals surface area (Å²) in [6.45, 7) is 0.646. The standard InChI is InChI=1S/C8H8BrN3O/c9-7-1-2-13-8(7)5-10-6-3-11-12-4-6/h1-4,10H,5H2,(H,11,12). The Balaban J connectivity index is 1.97. The molecule has 4 nitrogen and oxygen atoms in total. The molecule has 0 saturated heterocycles. The third kappa shape index (κ3) is 1.92. The number of hydrogen-bond donors (Lipinski definition) is 2. The summed E-state index contributed by atoms with van der Waals surface area (Å²) in [7, 11) is 0. The number of aromatic amines is 1. The van der Waals surface area contributed by atoms with Gasteiger partial charge in [-0.1, -0.05) is 0 Å². The van der Waals surface area contributed by atoms with Crippen molar-refractivity contribution in [3.8, 4) is 0 Å². The van der Waals surface area contributed by atoms with Crippen molar-refractivity contribution in [1.82, 2.24) is 10.2 Å². The molecule has 0 fully saturated rings. The van der Waals surface area contributed by atoms with Crippen molar-refractivity contribution >= 4 is 21.6 Å². The van der Waals surface area contributed by atoms with E-state index in [2.05, 4.69) is 31.4 Å². The second-order valence-electron chi connectivity index (χ2n) is 2.53. The first-order chi connectivity index (χ1) is 6.36. The van der Waals surface area contributed by atoms with Gasteiger partial charge >= 0.3 is 0 Å². The Kier molecular flexibility index (Phi) is 2.35. The van der Waals surface area contributed by atoms with Gasteiger partial charge in [-0.25, -0.2) is 0 Å². The number of nitrogens with one attached hydrogen (secondary N) is 2. The van der Waals surface area contributed by atoms with Crippen LogP contribution in [-0.4, -0.2) is 10.2 Å². The average Bonchev–Trinajstić information content (AvgIpc) is 2.72. The van der Waals surface area contributed by atoms with Crippen molar-refractivity contribution in [2.24, 2.45) is 0 Å². The molecular weight excluding hydrogens is 234 g/mol. The van der Waals surface area contributed by atoms with E-state index in [9.17, 15) is 0 Å². The number of H-pyrrole nitrogens is 1. The first kappa shape index (κ1) is 8.37. The zero-order valence-corrected chi connectivity index (χ0v) is 8.34. The molecule has 0 amide bonds. The van der Waals surface area contributed by atoms with E-state index < -0.39 is 0 Å². The van der Waals surface area contributed by atoms with Crippen molar-refractivity contribution in [2.45, 2.75) is 6.54 Å². The number of hydrogen-bond acceptors (Lipinski definition) is 3. The molecule has 0 spiro atoms. The van der Waals surface area contributed by atoms with Crippen molar-refractivity contribution in [3.63, 3.8) is 0 Å². The molecule has 0 aliphatic carbocycles. The predicted octanol–water partition coefficient (Wildman–Crippen LogP) is 2.38. The Morgan fingerprint density at radius 2 is 2.54 bits per heavy atom. The topological polar surface area (TPSA) is 53.9 Å². The van der Waals surface area contributed by atoms with Crippen LogP contribution in [0, 0.1) is 0 Å². The van der Waals surface area contributed by atoms with Crippen LogP contribution in [-0.2, 0) is 6.54 Å². The second kappa shape index (κ2) is 3.66. The normalized spacial score (nSPS) is 10.2. The molecule has 0 aromatic carbocycles. The van der Waals surface area contributed by atoms with Gasteiger partial charge in [-0.05, 0) is 22.0 Å². The van der Waals surface area contributed by atoms with Crippen LogP contribution in [0.1, 0.15) is 5.76 Å². The van der Waals surface area contributed by atoms with Gasteiger partial charge in [0.2, 0.25) is 0 Å². The van der Waals surface area contributed by atoms with Gasteiger partial charge in [0.1, 0.15) is 5.76 Å². The average molecular weight is 242 g/mol. The fraction of sp³-hybridized carbons (Fsp3) is 0.125. The highest BCUT2D eigenvalue weighted by Crippen LogP contribution is 2.18. The lowest BCUT2D eigenvalue weighted by molar-refractivity contribution is 0.516. The Labute approximate surface area is 83.5 Å². The predicted molar refractivity (Wildman–Crippen MR) is 52.3 cm³/mol. The minimum absolute atomic E-state index is 0.646. The molecule has 13 heavy (non-hydrogen) atoms. The summed E-state index contributed by atoms with van der Waals surface area (Å²) in [5.74, 6) is 0.876. The molecule has 0 aliphatic rings. The van der Waals surface area contributed by atoms with Crippen molar-refractivity contribution in [1.29, 1.82) is 0 Å². The Hall–Kier alpha value is -1.23. The number of aromatic nitrogens is 2. The van der Waals surface area contributed by atoms with Crippen LogP contribution in [0.4, 0.5) is 5.69 Å². The molecule has 0 unspecified atom stereocenters.